The van der Waals surface area contributed by atoms with Crippen LogP contribution in [0.25, 0.3) is 77.2 Å². The molecule has 0 aliphatic heterocycles. The molecule has 0 fully saturated rings. The number of imidazole rings is 2. The van der Waals surface area contributed by atoms with Crippen LogP contribution in [0.5, 0.6) is 11.5 Å². The van der Waals surface area contributed by atoms with E-state index >= 15 is 0 Å². The first-order valence-corrected chi connectivity index (χ1v) is 15.3. The maximum atomic E-state index is 6.45. The Morgan fingerprint density at radius 1 is 0.562 bits per heavy atom. The topological polar surface area (TPSA) is 69.6 Å². The van der Waals surface area contributed by atoms with Crippen LogP contribution in [0.3, 0.4) is 0 Å². The molecule has 10 aromatic rings. The Morgan fingerprint density at radius 3 is 2.02 bits per heavy atom. The number of fused-ring (bicyclic) bond motifs is 12. The van der Waals surface area contributed by atoms with Crippen LogP contribution in [0.15, 0.2) is 134 Å². The molecule has 0 N–H and O–H groups in total. The number of rotatable bonds is 4. The number of hydrogen-bond acceptors (Lipinski definition) is 5. The molecule has 0 bridgehead atoms. The van der Waals surface area contributed by atoms with E-state index in [-0.39, 0.29) is 21.1 Å². The van der Waals surface area contributed by atoms with Gasteiger partial charge >= 0.3 is 21.1 Å². The van der Waals surface area contributed by atoms with E-state index < -0.39 is 0 Å². The van der Waals surface area contributed by atoms with Crippen molar-refractivity contribution in [1.29, 1.82) is 0 Å². The average molecular weight is 798 g/mol. The summed E-state index contributed by atoms with van der Waals surface area (Å²) in [6.07, 6.45) is 8.98. The summed E-state index contributed by atoms with van der Waals surface area (Å²) < 4.78 is 10.6. The number of aromatic nitrogens is 6. The average Bonchev–Trinajstić information content (AvgIpc) is 3.82. The van der Waals surface area contributed by atoms with Gasteiger partial charge in [-0.1, -0.05) is 119 Å². The monoisotopic (exact) mass is 797 g/mol. The first-order chi connectivity index (χ1) is 23.3. The van der Waals surface area contributed by atoms with Crippen LogP contribution >= 0.6 is 0 Å². The van der Waals surface area contributed by atoms with Crippen molar-refractivity contribution in [3.63, 3.8) is 0 Å². The summed E-state index contributed by atoms with van der Waals surface area (Å²) in [6, 6.07) is 42.5. The maximum Gasteiger partial charge on any atom is 2.00 e. The molecule has 0 spiro atoms. The van der Waals surface area contributed by atoms with Crippen molar-refractivity contribution in [3.8, 4) is 33.9 Å². The molecule has 228 valence electrons. The number of benzene rings is 5. The number of hydrogen-bond donors (Lipinski definition) is 0. The molecule has 0 aliphatic carbocycles. The summed E-state index contributed by atoms with van der Waals surface area (Å²) in [5.74, 6) is 1.13. The molecule has 0 atom stereocenters. The predicted octanol–water partition coefficient (Wildman–Crippen LogP) is 9.11. The van der Waals surface area contributed by atoms with Gasteiger partial charge in [0.05, 0.1) is 17.0 Å². The molecule has 0 aliphatic rings. The van der Waals surface area contributed by atoms with Gasteiger partial charge < -0.3 is 13.5 Å². The zero-order valence-corrected chi connectivity index (χ0v) is 27.4. The van der Waals surface area contributed by atoms with Crippen molar-refractivity contribution >= 4 is 54.8 Å². The van der Waals surface area contributed by atoms with E-state index in [1.807, 2.05) is 53.3 Å². The van der Waals surface area contributed by atoms with Crippen LogP contribution in [0.1, 0.15) is 0 Å². The Kier molecular flexibility index (Phi) is 6.56. The fourth-order valence-corrected chi connectivity index (χ4v) is 6.69. The third-order valence-corrected chi connectivity index (χ3v) is 8.82. The van der Waals surface area contributed by atoms with Crippen LogP contribution < -0.4 is 4.74 Å². The van der Waals surface area contributed by atoms with Crippen LogP contribution in [-0.4, -0.2) is 28.7 Å². The molecule has 0 amide bonds. The quantitative estimate of drug-likeness (QED) is 0.131. The van der Waals surface area contributed by atoms with E-state index in [1.165, 1.54) is 5.56 Å². The Balaban J connectivity index is 0.00000314. The first-order valence-electron chi connectivity index (χ1n) is 15.3. The summed E-state index contributed by atoms with van der Waals surface area (Å²) in [5.41, 5.74) is 7.87. The zero-order chi connectivity index (χ0) is 30.9. The fraction of sp³-hybridized carbons (Fsp3) is 0. The first kappa shape index (κ1) is 28.3. The Labute approximate surface area is 288 Å². The minimum absolute atomic E-state index is 0. The third-order valence-electron chi connectivity index (χ3n) is 8.82. The van der Waals surface area contributed by atoms with Crippen LogP contribution in [0.4, 0.5) is 0 Å². The number of ether oxygens (including phenoxy) is 1. The molecule has 5 aromatic carbocycles. The van der Waals surface area contributed by atoms with Gasteiger partial charge in [-0.05, 0) is 28.1 Å². The van der Waals surface area contributed by atoms with Gasteiger partial charge in [0, 0.05) is 47.2 Å². The zero-order valence-electron chi connectivity index (χ0n) is 25.1. The predicted molar refractivity (Wildman–Crippen MR) is 185 cm³/mol. The largest absolute Gasteiger partial charge is 2.00 e. The molecule has 0 unspecified atom stereocenters. The molecule has 5 heterocycles. The van der Waals surface area contributed by atoms with Gasteiger partial charge in [-0.3, -0.25) is 9.97 Å². The Morgan fingerprint density at radius 2 is 1.25 bits per heavy atom. The fourth-order valence-electron chi connectivity index (χ4n) is 6.69. The molecular weight excluding hydrogens is 776 g/mol. The van der Waals surface area contributed by atoms with Crippen molar-refractivity contribution in [2.45, 2.75) is 0 Å². The summed E-state index contributed by atoms with van der Waals surface area (Å²) >= 11 is 0. The van der Waals surface area contributed by atoms with Crippen LogP contribution in [0.2, 0.25) is 0 Å². The smallest absolute Gasteiger partial charge is 0.497 e. The second-order valence-corrected chi connectivity index (χ2v) is 11.5. The standard InChI is InChI=1S/C40H22N6O.Pt/c1-3-7-25(8-4-1)27-11-14-32-30-15-12-29(21-34(30)40-43-23-37(46(40)36(32)19-27)26-9-5-2-6-10-26)47-28-13-16-31-33(20-28)38-42-17-18-45(38)39-35(31)22-41-24-44-39;/h1-19,22-24H;/q-2;+2. The summed E-state index contributed by atoms with van der Waals surface area (Å²) in [4.78, 5) is 18.3. The van der Waals surface area contributed by atoms with E-state index in [0.717, 1.165) is 71.6 Å². The van der Waals surface area contributed by atoms with E-state index in [1.54, 1.807) is 12.5 Å². The molecule has 10 rings (SSSR count). The molecule has 48 heavy (non-hydrogen) atoms. The van der Waals surface area contributed by atoms with Gasteiger partial charge in [0.15, 0.2) is 0 Å². The molecule has 0 radical (unpaired) electrons. The maximum absolute atomic E-state index is 6.45. The molecule has 0 saturated carbocycles. The SMILES string of the molecule is [Pt+2].[c-]1c(Oc2[c-]c3c(cc2)c2ccc(-c4ccccc4)cc2n2c(-c4ccccc4)cnc32)ccc2c1c1nccn1c1ncncc21. The Bertz CT molecular complexity index is 2830. The second-order valence-electron chi connectivity index (χ2n) is 11.5. The van der Waals surface area contributed by atoms with Crippen molar-refractivity contribution in [1.82, 2.24) is 28.7 Å². The number of pyridine rings is 2. The summed E-state index contributed by atoms with van der Waals surface area (Å²) in [5, 5.41) is 5.76. The van der Waals surface area contributed by atoms with Crippen molar-refractivity contribution in [3.05, 3.63) is 146 Å². The van der Waals surface area contributed by atoms with Crippen LogP contribution in [0, 0.1) is 12.1 Å². The van der Waals surface area contributed by atoms with Gasteiger partial charge in [-0.15, -0.1) is 12.1 Å². The van der Waals surface area contributed by atoms with Crippen molar-refractivity contribution in [2.75, 3.05) is 0 Å². The van der Waals surface area contributed by atoms with E-state index in [2.05, 4.69) is 104 Å². The number of nitrogens with zero attached hydrogens (tertiary/aromatic N) is 6. The van der Waals surface area contributed by atoms with E-state index in [0.29, 0.717) is 11.5 Å². The molecule has 7 nitrogen and oxygen atoms in total. The molecule has 0 saturated heterocycles. The van der Waals surface area contributed by atoms with Crippen molar-refractivity contribution in [2.24, 2.45) is 0 Å². The molecular formula is C40H22N6OPt. The van der Waals surface area contributed by atoms with Gasteiger partial charge in [0.2, 0.25) is 0 Å². The third kappa shape index (κ3) is 4.32. The minimum Gasteiger partial charge on any atom is -0.497 e. The van der Waals surface area contributed by atoms with E-state index in [9.17, 15) is 0 Å². The normalized spacial score (nSPS) is 11.6. The molecule has 5 aromatic heterocycles. The summed E-state index contributed by atoms with van der Waals surface area (Å²) in [6.45, 7) is 0. The van der Waals surface area contributed by atoms with Gasteiger partial charge in [-0.25, -0.2) is 9.97 Å². The molecule has 8 heteroatoms. The summed E-state index contributed by atoms with van der Waals surface area (Å²) in [7, 11) is 0. The minimum atomic E-state index is 0. The van der Waals surface area contributed by atoms with Crippen molar-refractivity contribution < 1.29 is 25.8 Å². The van der Waals surface area contributed by atoms with Gasteiger partial charge in [-0.2, -0.15) is 0 Å². The van der Waals surface area contributed by atoms with Gasteiger partial charge in [0.25, 0.3) is 0 Å². The van der Waals surface area contributed by atoms with Crippen LogP contribution in [-0.2, 0) is 21.1 Å². The Hall–Kier alpha value is -5.91. The van der Waals surface area contributed by atoms with Gasteiger partial charge in [0.1, 0.15) is 12.0 Å². The van der Waals surface area contributed by atoms with E-state index in [4.69, 9.17) is 9.72 Å². The second kappa shape index (κ2) is 11.1.